The van der Waals surface area contributed by atoms with E-state index in [1.165, 1.54) is 0 Å². The van der Waals surface area contributed by atoms with Gasteiger partial charge in [-0.25, -0.2) is 18.1 Å². The van der Waals surface area contributed by atoms with Crippen LogP contribution in [-0.4, -0.2) is 31.7 Å². The SMILES string of the molecule is Cc1nc(C)c(C(C)NS(=O)(=O)C2CCCNC2)s1. The van der Waals surface area contributed by atoms with Gasteiger partial charge in [-0.2, -0.15) is 0 Å². The number of aryl methyl sites for hydroxylation is 2. The molecule has 19 heavy (non-hydrogen) atoms. The van der Waals surface area contributed by atoms with Crippen LogP contribution < -0.4 is 10.0 Å². The zero-order valence-corrected chi connectivity index (χ0v) is 13.2. The Kier molecular flexibility index (Phi) is 4.60. The van der Waals surface area contributed by atoms with E-state index in [9.17, 15) is 8.42 Å². The lowest BCUT2D eigenvalue weighted by Gasteiger charge is -2.24. The van der Waals surface area contributed by atoms with Crippen LogP contribution in [0.25, 0.3) is 0 Å². The number of sulfonamides is 1. The number of rotatable bonds is 4. The molecule has 0 bridgehead atoms. The summed E-state index contributed by atoms with van der Waals surface area (Å²) in [5, 5.41) is 3.79. The molecule has 0 saturated carbocycles. The van der Waals surface area contributed by atoms with Gasteiger partial charge >= 0.3 is 0 Å². The average molecular weight is 303 g/mol. The van der Waals surface area contributed by atoms with Gasteiger partial charge in [0.25, 0.3) is 0 Å². The maximum absolute atomic E-state index is 12.3. The van der Waals surface area contributed by atoms with Crippen LogP contribution in [0, 0.1) is 13.8 Å². The van der Waals surface area contributed by atoms with Crippen LogP contribution in [0.15, 0.2) is 0 Å². The monoisotopic (exact) mass is 303 g/mol. The molecule has 1 aliphatic heterocycles. The minimum absolute atomic E-state index is 0.210. The Balaban J connectivity index is 2.09. The van der Waals surface area contributed by atoms with Crippen LogP contribution in [0.5, 0.6) is 0 Å². The van der Waals surface area contributed by atoms with Crippen LogP contribution in [0.4, 0.5) is 0 Å². The van der Waals surface area contributed by atoms with Crippen molar-refractivity contribution in [3.8, 4) is 0 Å². The zero-order valence-electron chi connectivity index (χ0n) is 11.6. The van der Waals surface area contributed by atoms with Crippen molar-refractivity contribution in [2.45, 2.75) is 44.9 Å². The maximum Gasteiger partial charge on any atom is 0.216 e. The highest BCUT2D eigenvalue weighted by atomic mass is 32.2. The lowest BCUT2D eigenvalue weighted by Crippen LogP contribution is -2.44. The van der Waals surface area contributed by atoms with Gasteiger partial charge in [-0.05, 0) is 40.2 Å². The van der Waals surface area contributed by atoms with Gasteiger partial charge in [0.2, 0.25) is 10.0 Å². The van der Waals surface area contributed by atoms with Crippen LogP contribution in [-0.2, 0) is 10.0 Å². The Morgan fingerprint density at radius 1 is 1.47 bits per heavy atom. The molecule has 7 heteroatoms. The summed E-state index contributed by atoms with van der Waals surface area (Å²) in [6, 6.07) is -0.210. The Labute approximate surface area is 118 Å². The molecule has 0 aliphatic carbocycles. The minimum atomic E-state index is -3.27. The number of hydrogen-bond donors (Lipinski definition) is 2. The molecule has 1 aromatic rings. The second-order valence-electron chi connectivity index (χ2n) is 5.04. The fraction of sp³-hybridized carbons (Fsp3) is 0.750. The largest absolute Gasteiger partial charge is 0.315 e. The molecule has 2 N–H and O–H groups in total. The lowest BCUT2D eigenvalue weighted by atomic mass is 10.2. The number of piperidine rings is 1. The first-order chi connectivity index (χ1) is 8.90. The Hall–Kier alpha value is -0.500. The van der Waals surface area contributed by atoms with Gasteiger partial charge in [0.05, 0.1) is 22.0 Å². The van der Waals surface area contributed by atoms with Crippen molar-refractivity contribution >= 4 is 21.4 Å². The van der Waals surface area contributed by atoms with Crippen molar-refractivity contribution in [1.82, 2.24) is 15.0 Å². The second kappa shape index (κ2) is 5.87. The van der Waals surface area contributed by atoms with E-state index in [4.69, 9.17) is 0 Å². The number of aromatic nitrogens is 1. The molecule has 2 unspecified atom stereocenters. The molecule has 1 aliphatic rings. The molecule has 5 nitrogen and oxygen atoms in total. The van der Waals surface area contributed by atoms with Gasteiger partial charge < -0.3 is 5.32 Å². The normalized spacial score (nSPS) is 22.4. The van der Waals surface area contributed by atoms with E-state index in [0.29, 0.717) is 6.54 Å². The fourth-order valence-corrected chi connectivity index (χ4v) is 5.05. The first kappa shape index (κ1) is 14.9. The van der Waals surface area contributed by atoms with Gasteiger partial charge in [-0.3, -0.25) is 0 Å². The molecular weight excluding hydrogens is 282 g/mol. The average Bonchev–Trinajstić information content (AvgIpc) is 2.69. The summed E-state index contributed by atoms with van der Waals surface area (Å²) in [7, 11) is -3.27. The predicted octanol–water partition coefficient (Wildman–Crippen LogP) is 1.49. The summed E-state index contributed by atoms with van der Waals surface area (Å²) in [6.07, 6.45) is 1.65. The molecule has 0 radical (unpaired) electrons. The summed E-state index contributed by atoms with van der Waals surface area (Å²) in [4.78, 5) is 5.35. The van der Waals surface area contributed by atoms with Crippen LogP contribution >= 0.6 is 11.3 Å². The molecule has 0 amide bonds. The molecular formula is C12H21N3O2S2. The first-order valence-corrected chi connectivity index (χ1v) is 8.92. The van der Waals surface area contributed by atoms with Crippen LogP contribution in [0.2, 0.25) is 0 Å². The van der Waals surface area contributed by atoms with Crippen molar-refractivity contribution in [2.24, 2.45) is 0 Å². The molecule has 2 heterocycles. The third kappa shape index (κ3) is 3.53. The molecule has 0 aromatic carbocycles. The Morgan fingerprint density at radius 2 is 2.21 bits per heavy atom. The minimum Gasteiger partial charge on any atom is -0.315 e. The van der Waals surface area contributed by atoms with E-state index >= 15 is 0 Å². The number of hydrogen-bond acceptors (Lipinski definition) is 5. The van der Waals surface area contributed by atoms with Crippen LogP contribution in [0.3, 0.4) is 0 Å². The van der Waals surface area contributed by atoms with Gasteiger partial charge in [-0.15, -0.1) is 11.3 Å². The standard InChI is InChI=1S/C12H21N3O2S2/c1-8-12(18-10(3)14-8)9(2)15-19(16,17)11-5-4-6-13-7-11/h9,11,13,15H,4-7H2,1-3H3. The quantitative estimate of drug-likeness (QED) is 0.884. The number of thiazole rings is 1. The predicted molar refractivity (Wildman–Crippen MR) is 78.0 cm³/mol. The third-order valence-corrected chi connectivity index (χ3v) is 6.58. The van der Waals surface area contributed by atoms with Gasteiger partial charge in [0.1, 0.15) is 0 Å². The molecule has 1 fully saturated rings. The molecule has 1 aromatic heterocycles. The van der Waals surface area contributed by atoms with Crippen molar-refractivity contribution in [3.05, 3.63) is 15.6 Å². The van der Waals surface area contributed by atoms with Gasteiger partial charge in [0.15, 0.2) is 0 Å². The molecule has 1 saturated heterocycles. The maximum atomic E-state index is 12.3. The highest BCUT2D eigenvalue weighted by Crippen LogP contribution is 2.25. The van der Waals surface area contributed by atoms with E-state index < -0.39 is 10.0 Å². The Morgan fingerprint density at radius 3 is 2.74 bits per heavy atom. The van der Waals surface area contributed by atoms with E-state index in [1.807, 2.05) is 20.8 Å². The summed E-state index contributed by atoms with van der Waals surface area (Å²) in [5.41, 5.74) is 0.916. The molecule has 108 valence electrons. The van der Waals surface area contributed by atoms with Crippen molar-refractivity contribution in [2.75, 3.05) is 13.1 Å². The topological polar surface area (TPSA) is 71.1 Å². The fourth-order valence-electron chi connectivity index (χ4n) is 2.43. The molecule has 2 atom stereocenters. The zero-order chi connectivity index (χ0) is 14.0. The highest BCUT2D eigenvalue weighted by Gasteiger charge is 2.29. The highest BCUT2D eigenvalue weighted by molar-refractivity contribution is 7.90. The third-order valence-electron chi connectivity index (χ3n) is 3.36. The van der Waals surface area contributed by atoms with Crippen molar-refractivity contribution in [1.29, 1.82) is 0 Å². The second-order valence-corrected chi connectivity index (χ2v) is 8.26. The molecule has 0 spiro atoms. The number of nitrogens with one attached hydrogen (secondary N) is 2. The first-order valence-electron chi connectivity index (χ1n) is 6.56. The van der Waals surface area contributed by atoms with E-state index in [-0.39, 0.29) is 11.3 Å². The van der Waals surface area contributed by atoms with E-state index in [1.54, 1.807) is 11.3 Å². The van der Waals surface area contributed by atoms with Gasteiger partial charge in [-0.1, -0.05) is 0 Å². The van der Waals surface area contributed by atoms with E-state index in [2.05, 4.69) is 15.0 Å². The lowest BCUT2D eigenvalue weighted by molar-refractivity contribution is 0.485. The van der Waals surface area contributed by atoms with Crippen molar-refractivity contribution < 1.29 is 8.42 Å². The summed E-state index contributed by atoms with van der Waals surface area (Å²) in [5.74, 6) is 0. The van der Waals surface area contributed by atoms with E-state index in [0.717, 1.165) is 35.0 Å². The smallest absolute Gasteiger partial charge is 0.216 e. The van der Waals surface area contributed by atoms with Crippen molar-refractivity contribution in [3.63, 3.8) is 0 Å². The Bertz CT molecular complexity index is 533. The summed E-state index contributed by atoms with van der Waals surface area (Å²) >= 11 is 1.56. The number of nitrogens with zero attached hydrogens (tertiary/aromatic N) is 1. The van der Waals surface area contributed by atoms with Crippen LogP contribution in [0.1, 0.15) is 41.4 Å². The molecule has 2 rings (SSSR count). The van der Waals surface area contributed by atoms with Gasteiger partial charge in [0, 0.05) is 11.4 Å². The summed E-state index contributed by atoms with van der Waals surface area (Å²) in [6.45, 7) is 7.20. The summed E-state index contributed by atoms with van der Waals surface area (Å²) < 4.78 is 27.4.